The summed E-state index contributed by atoms with van der Waals surface area (Å²) in [5.74, 6) is -0.359. The van der Waals surface area contributed by atoms with E-state index in [0.717, 1.165) is 16.7 Å². The molecule has 0 radical (unpaired) electrons. The molecule has 1 aromatic carbocycles. The molecule has 2 amide bonds. The van der Waals surface area contributed by atoms with Gasteiger partial charge in [-0.25, -0.2) is 0 Å². The van der Waals surface area contributed by atoms with Gasteiger partial charge in [0.25, 0.3) is 11.1 Å². The molecule has 1 aliphatic rings. The zero-order valence-electron chi connectivity index (χ0n) is 12.0. The van der Waals surface area contributed by atoms with Crippen molar-refractivity contribution < 1.29 is 24.2 Å². The highest BCUT2D eigenvalue weighted by molar-refractivity contribution is 8.18. The summed E-state index contributed by atoms with van der Waals surface area (Å²) in [5.41, 5.74) is 0.553. The van der Waals surface area contributed by atoms with Gasteiger partial charge in [0.15, 0.2) is 11.5 Å². The van der Waals surface area contributed by atoms with E-state index in [2.05, 4.69) is 0 Å². The summed E-state index contributed by atoms with van der Waals surface area (Å²) in [6, 6.07) is 3.02. The lowest BCUT2D eigenvalue weighted by atomic mass is 10.2. The fourth-order valence-electron chi connectivity index (χ4n) is 1.86. The molecule has 118 valence electrons. The zero-order chi connectivity index (χ0) is 16.3. The summed E-state index contributed by atoms with van der Waals surface area (Å²) in [7, 11) is 2.90. The van der Waals surface area contributed by atoms with Crippen LogP contribution < -0.4 is 4.74 Å². The van der Waals surface area contributed by atoms with Crippen molar-refractivity contribution in [2.75, 3.05) is 27.4 Å². The van der Waals surface area contributed by atoms with Crippen LogP contribution in [0.5, 0.6) is 11.5 Å². The molecule has 6 nitrogen and oxygen atoms in total. The average molecular weight is 344 g/mol. The van der Waals surface area contributed by atoms with Gasteiger partial charge in [-0.2, -0.15) is 0 Å². The number of thioether (sulfide) groups is 1. The molecule has 0 saturated carbocycles. The number of phenolic OH excluding ortho intramolecular Hbond substituents is 1. The molecule has 0 aliphatic carbocycles. The first kappa shape index (κ1) is 16.7. The molecule has 0 aromatic heterocycles. The third-order valence-electron chi connectivity index (χ3n) is 2.96. The lowest BCUT2D eigenvalue weighted by Crippen LogP contribution is -2.31. The predicted octanol–water partition coefficient (Wildman–Crippen LogP) is 2.74. The number of halogens is 1. The van der Waals surface area contributed by atoms with Crippen LogP contribution in [0, 0.1) is 0 Å². The monoisotopic (exact) mass is 343 g/mol. The second-order valence-electron chi connectivity index (χ2n) is 4.38. The number of imide groups is 1. The van der Waals surface area contributed by atoms with Gasteiger partial charge in [-0.15, -0.1) is 0 Å². The van der Waals surface area contributed by atoms with Crippen molar-refractivity contribution in [3.8, 4) is 11.5 Å². The molecular formula is C14H14ClNO5S. The predicted molar refractivity (Wildman–Crippen MR) is 84.2 cm³/mol. The second kappa shape index (κ2) is 7.04. The number of nitrogens with zero attached hydrogens (tertiary/aromatic N) is 1. The highest BCUT2D eigenvalue weighted by atomic mass is 35.5. The zero-order valence-corrected chi connectivity index (χ0v) is 13.5. The first-order valence-corrected chi connectivity index (χ1v) is 7.48. The minimum absolute atomic E-state index is 0.101. The molecule has 1 saturated heterocycles. The highest BCUT2D eigenvalue weighted by Crippen LogP contribution is 2.37. The second-order valence-corrected chi connectivity index (χ2v) is 5.78. The van der Waals surface area contributed by atoms with Crippen LogP contribution in [0.3, 0.4) is 0 Å². The number of phenols is 1. The molecule has 8 heteroatoms. The Hall–Kier alpha value is -1.70. The Bertz CT molecular complexity index is 646. The first-order chi connectivity index (χ1) is 10.5. The molecule has 22 heavy (non-hydrogen) atoms. The van der Waals surface area contributed by atoms with Crippen molar-refractivity contribution in [1.29, 1.82) is 0 Å². The lowest BCUT2D eigenvalue weighted by Gasteiger charge is -2.10. The van der Waals surface area contributed by atoms with E-state index in [-0.39, 0.29) is 45.7 Å². The number of benzene rings is 1. The van der Waals surface area contributed by atoms with Crippen molar-refractivity contribution in [2.24, 2.45) is 0 Å². The van der Waals surface area contributed by atoms with Crippen molar-refractivity contribution >= 4 is 40.6 Å². The van der Waals surface area contributed by atoms with E-state index in [9.17, 15) is 14.7 Å². The Morgan fingerprint density at radius 3 is 2.73 bits per heavy atom. The summed E-state index contributed by atoms with van der Waals surface area (Å²) >= 11 is 6.75. The molecule has 1 heterocycles. The van der Waals surface area contributed by atoms with Crippen LogP contribution in [-0.4, -0.2) is 48.5 Å². The SMILES string of the molecule is COCCN1C(=O)S/C(=C/c2cc(Cl)c(O)c(OC)c2)C1=O. The summed E-state index contributed by atoms with van der Waals surface area (Å²) in [4.78, 5) is 25.4. The maximum atomic E-state index is 12.2. The Balaban J connectivity index is 2.29. The largest absolute Gasteiger partial charge is 0.503 e. The van der Waals surface area contributed by atoms with Crippen LogP contribution in [0.4, 0.5) is 4.79 Å². The van der Waals surface area contributed by atoms with Gasteiger partial charge in [-0.1, -0.05) is 11.6 Å². The molecule has 1 N–H and O–H groups in total. The summed E-state index contributed by atoms with van der Waals surface area (Å²) in [6.07, 6.45) is 1.53. The number of hydrogen-bond donors (Lipinski definition) is 1. The van der Waals surface area contributed by atoms with E-state index in [1.165, 1.54) is 32.4 Å². The van der Waals surface area contributed by atoms with Crippen molar-refractivity contribution in [1.82, 2.24) is 4.90 Å². The molecule has 0 bridgehead atoms. The Kier molecular flexibility index (Phi) is 5.33. The van der Waals surface area contributed by atoms with E-state index in [4.69, 9.17) is 21.1 Å². The Morgan fingerprint density at radius 1 is 1.36 bits per heavy atom. The van der Waals surface area contributed by atoms with Gasteiger partial charge in [-0.3, -0.25) is 14.5 Å². The van der Waals surface area contributed by atoms with Crippen molar-refractivity contribution in [2.45, 2.75) is 0 Å². The van der Waals surface area contributed by atoms with E-state index in [1.807, 2.05) is 0 Å². The van der Waals surface area contributed by atoms with E-state index in [0.29, 0.717) is 5.56 Å². The van der Waals surface area contributed by atoms with Crippen LogP contribution in [0.2, 0.25) is 5.02 Å². The maximum absolute atomic E-state index is 12.2. The number of amides is 2. The number of methoxy groups -OCH3 is 2. The average Bonchev–Trinajstić information content (AvgIpc) is 2.75. The quantitative estimate of drug-likeness (QED) is 0.828. The number of aromatic hydroxyl groups is 1. The molecule has 0 spiro atoms. The van der Waals surface area contributed by atoms with Gasteiger partial charge >= 0.3 is 0 Å². The molecule has 1 aliphatic heterocycles. The highest BCUT2D eigenvalue weighted by Gasteiger charge is 2.34. The fraction of sp³-hybridized carbons (Fsp3) is 0.286. The summed E-state index contributed by atoms with van der Waals surface area (Å²) in [5, 5.41) is 9.45. The third kappa shape index (κ3) is 3.37. The maximum Gasteiger partial charge on any atom is 0.293 e. The molecule has 2 rings (SSSR count). The van der Waals surface area contributed by atoms with Crippen molar-refractivity contribution in [3.05, 3.63) is 27.6 Å². The number of rotatable bonds is 5. The standard InChI is InChI=1S/C14H14ClNO5S/c1-20-4-3-16-13(18)11(22-14(16)19)7-8-5-9(15)12(17)10(6-8)21-2/h5-7,17H,3-4H2,1-2H3/b11-7+. The number of carbonyl (C=O) groups excluding carboxylic acids is 2. The van der Waals surface area contributed by atoms with Crippen LogP contribution in [0.15, 0.2) is 17.0 Å². The number of hydrogen-bond acceptors (Lipinski definition) is 6. The van der Waals surface area contributed by atoms with E-state index < -0.39 is 0 Å². The number of carbonyl (C=O) groups is 2. The minimum Gasteiger partial charge on any atom is -0.503 e. The van der Waals surface area contributed by atoms with Gasteiger partial charge in [0.1, 0.15) is 0 Å². The number of ether oxygens (including phenoxy) is 2. The fourth-order valence-corrected chi connectivity index (χ4v) is 2.94. The normalized spacial score (nSPS) is 16.7. The third-order valence-corrected chi connectivity index (χ3v) is 4.16. The summed E-state index contributed by atoms with van der Waals surface area (Å²) < 4.78 is 9.88. The van der Waals surface area contributed by atoms with Gasteiger partial charge < -0.3 is 14.6 Å². The van der Waals surface area contributed by atoms with Gasteiger partial charge in [0.05, 0.1) is 30.2 Å². The van der Waals surface area contributed by atoms with Crippen LogP contribution in [0.1, 0.15) is 5.56 Å². The minimum atomic E-state index is -0.379. The molecule has 1 aromatic rings. The summed E-state index contributed by atoms with van der Waals surface area (Å²) in [6.45, 7) is 0.488. The lowest BCUT2D eigenvalue weighted by molar-refractivity contribution is -0.123. The van der Waals surface area contributed by atoms with E-state index in [1.54, 1.807) is 0 Å². The van der Waals surface area contributed by atoms with Crippen LogP contribution in [-0.2, 0) is 9.53 Å². The molecule has 0 atom stereocenters. The molecular weight excluding hydrogens is 330 g/mol. The first-order valence-electron chi connectivity index (χ1n) is 6.28. The smallest absolute Gasteiger partial charge is 0.293 e. The van der Waals surface area contributed by atoms with Gasteiger partial charge in [0.2, 0.25) is 0 Å². The Labute approximate surface area is 136 Å². The van der Waals surface area contributed by atoms with Crippen LogP contribution in [0.25, 0.3) is 6.08 Å². The molecule has 0 unspecified atom stereocenters. The topological polar surface area (TPSA) is 76.1 Å². The van der Waals surface area contributed by atoms with Gasteiger partial charge in [-0.05, 0) is 35.5 Å². The van der Waals surface area contributed by atoms with Crippen molar-refractivity contribution in [3.63, 3.8) is 0 Å². The molecule has 1 fully saturated rings. The van der Waals surface area contributed by atoms with Crippen LogP contribution >= 0.6 is 23.4 Å². The van der Waals surface area contributed by atoms with Gasteiger partial charge in [0, 0.05) is 7.11 Å². The Morgan fingerprint density at radius 2 is 2.09 bits per heavy atom. The van der Waals surface area contributed by atoms with E-state index >= 15 is 0 Å².